The van der Waals surface area contributed by atoms with Crippen molar-refractivity contribution >= 4 is 5.91 Å². The van der Waals surface area contributed by atoms with Gasteiger partial charge in [0, 0.05) is 18.4 Å². The number of nitrogens with one attached hydrogen (secondary N) is 1. The smallest absolute Gasteiger partial charge is 0.234 e. The van der Waals surface area contributed by atoms with Crippen LogP contribution in [0.2, 0.25) is 0 Å². The number of hydrogen-bond acceptors (Lipinski definition) is 4. The second kappa shape index (κ2) is 7.37. The first-order chi connectivity index (χ1) is 11.2. The minimum absolute atomic E-state index is 0.0548. The standard InChI is InChI=1S/C17H23N5O/c1-14-9-20-22(11-14)12-16-6-4-8-21(16)13-17(23)19-10-15-5-2-3-7-18-15/h2-3,5,7,9,11,16H,4,6,8,10,12-13H2,1H3,(H,19,23)/t16-/m0/s1. The predicted molar refractivity (Wildman–Crippen MR) is 87.6 cm³/mol. The Kier molecular flexibility index (Phi) is 5.02. The van der Waals surface area contributed by atoms with Gasteiger partial charge in [0.15, 0.2) is 0 Å². The zero-order chi connectivity index (χ0) is 16.1. The van der Waals surface area contributed by atoms with E-state index in [-0.39, 0.29) is 5.91 Å². The van der Waals surface area contributed by atoms with Crippen LogP contribution in [0.3, 0.4) is 0 Å². The fraction of sp³-hybridized carbons (Fsp3) is 0.471. The number of hydrogen-bond donors (Lipinski definition) is 1. The van der Waals surface area contributed by atoms with Crippen molar-refractivity contribution < 1.29 is 4.79 Å². The summed E-state index contributed by atoms with van der Waals surface area (Å²) < 4.78 is 1.98. The van der Waals surface area contributed by atoms with Gasteiger partial charge in [-0.15, -0.1) is 0 Å². The Morgan fingerprint density at radius 3 is 3.09 bits per heavy atom. The van der Waals surface area contributed by atoms with Crippen molar-refractivity contribution in [1.29, 1.82) is 0 Å². The van der Waals surface area contributed by atoms with Gasteiger partial charge in [0.05, 0.1) is 31.5 Å². The Morgan fingerprint density at radius 2 is 2.35 bits per heavy atom. The third-order valence-electron chi connectivity index (χ3n) is 4.20. The normalized spacial score (nSPS) is 18.2. The molecule has 1 amide bonds. The number of carbonyl (C=O) groups excluding carboxylic acids is 1. The summed E-state index contributed by atoms with van der Waals surface area (Å²) in [6, 6.07) is 6.10. The lowest BCUT2D eigenvalue weighted by Crippen LogP contribution is -2.41. The summed E-state index contributed by atoms with van der Waals surface area (Å²) in [5, 5.41) is 7.30. The Morgan fingerprint density at radius 1 is 1.43 bits per heavy atom. The summed E-state index contributed by atoms with van der Waals surface area (Å²) in [6.07, 6.45) is 7.92. The minimum atomic E-state index is 0.0548. The lowest BCUT2D eigenvalue weighted by atomic mass is 10.2. The van der Waals surface area contributed by atoms with Gasteiger partial charge in [0.1, 0.15) is 0 Å². The molecule has 3 rings (SSSR count). The molecule has 0 radical (unpaired) electrons. The van der Waals surface area contributed by atoms with Gasteiger partial charge in [-0.1, -0.05) is 6.07 Å². The highest BCUT2D eigenvalue weighted by molar-refractivity contribution is 5.78. The molecule has 2 aromatic rings. The molecular weight excluding hydrogens is 290 g/mol. The fourth-order valence-corrected chi connectivity index (χ4v) is 3.02. The topological polar surface area (TPSA) is 63.1 Å². The average molecular weight is 313 g/mol. The number of pyridine rings is 1. The molecule has 1 saturated heterocycles. The van der Waals surface area contributed by atoms with Gasteiger partial charge < -0.3 is 5.32 Å². The van der Waals surface area contributed by atoms with Crippen LogP contribution in [0, 0.1) is 6.92 Å². The van der Waals surface area contributed by atoms with Gasteiger partial charge in [-0.2, -0.15) is 5.10 Å². The SMILES string of the molecule is Cc1cnn(C[C@@H]2CCCN2CC(=O)NCc2ccccn2)c1. The van der Waals surface area contributed by atoms with Gasteiger partial charge in [-0.3, -0.25) is 19.4 Å². The largest absolute Gasteiger partial charge is 0.349 e. The molecule has 0 aliphatic carbocycles. The maximum absolute atomic E-state index is 12.2. The van der Waals surface area contributed by atoms with E-state index < -0.39 is 0 Å². The van der Waals surface area contributed by atoms with Crippen molar-refractivity contribution in [2.24, 2.45) is 0 Å². The van der Waals surface area contributed by atoms with E-state index in [4.69, 9.17) is 0 Å². The lowest BCUT2D eigenvalue weighted by molar-refractivity contribution is -0.122. The van der Waals surface area contributed by atoms with E-state index in [2.05, 4.69) is 26.5 Å². The Balaban J connectivity index is 1.49. The maximum Gasteiger partial charge on any atom is 0.234 e. The van der Waals surface area contributed by atoms with E-state index in [9.17, 15) is 4.79 Å². The Bertz CT molecular complexity index is 639. The van der Waals surface area contributed by atoms with Crippen LogP contribution < -0.4 is 5.32 Å². The van der Waals surface area contributed by atoms with Crippen LogP contribution in [0.5, 0.6) is 0 Å². The number of nitrogens with zero attached hydrogens (tertiary/aromatic N) is 4. The van der Waals surface area contributed by atoms with E-state index >= 15 is 0 Å². The van der Waals surface area contributed by atoms with Crippen molar-refractivity contribution in [2.45, 2.75) is 38.9 Å². The van der Waals surface area contributed by atoms with Crippen LogP contribution in [-0.2, 0) is 17.9 Å². The molecule has 3 heterocycles. The number of aromatic nitrogens is 3. The highest BCUT2D eigenvalue weighted by Gasteiger charge is 2.26. The van der Waals surface area contributed by atoms with Crippen molar-refractivity contribution in [1.82, 2.24) is 25.0 Å². The lowest BCUT2D eigenvalue weighted by Gasteiger charge is -2.23. The molecule has 23 heavy (non-hydrogen) atoms. The molecule has 0 unspecified atom stereocenters. The first-order valence-electron chi connectivity index (χ1n) is 8.10. The molecule has 6 heteroatoms. The number of amides is 1. The third-order valence-corrected chi connectivity index (χ3v) is 4.20. The summed E-state index contributed by atoms with van der Waals surface area (Å²) in [7, 11) is 0. The second-order valence-corrected chi connectivity index (χ2v) is 6.10. The van der Waals surface area contributed by atoms with E-state index in [0.717, 1.165) is 31.6 Å². The molecule has 122 valence electrons. The van der Waals surface area contributed by atoms with E-state index in [1.165, 1.54) is 5.56 Å². The van der Waals surface area contributed by atoms with Crippen LogP contribution in [0.4, 0.5) is 0 Å². The molecule has 0 spiro atoms. The van der Waals surface area contributed by atoms with Crippen LogP contribution >= 0.6 is 0 Å². The first kappa shape index (κ1) is 15.7. The summed E-state index contributed by atoms with van der Waals surface area (Å²) in [4.78, 5) is 18.6. The molecule has 0 saturated carbocycles. The summed E-state index contributed by atoms with van der Waals surface area (Å²) in [6.45, 7) is 4.79. The molecule has 6 nitrogen and oxygen atoms in total. The quantitative estimate of drug-likeness (QED) is 0.875. The second-order valence-electron chi connectivity index (χ2n) is 6.10. The zero-order valence-electron chi connectivity index (χ0n) is 13.5. The van der Waals surface area contributed by atoms with E-state index in [1.54, 1.807) is 6.20 Å². The van der Waals surface area contributed by atoms with E-state index in [1.807, 2.05) is 36.0 Å². The molecule has 1 N–H and O–H groups in total. The molecule has 1 aliphatic rings. The van der Waals surface area contributed by atoms with Crippen LogP contribution in [0.25, 0.3) is 0 Å². The number of rotatable bonds is 6. The van der Waals surface area contributed by atoms with Crippen molar-refractivity contribution in [3.05, 3.63) is 48.0 Å². The van der Waals surface area contributed by atoms with Crippen molar-refractivity contribution in [3.63, 3.8) is 0 Å². The average Bonchev–Trinajstić information content (AvgIpc) is 3.16. The Labute approximate surface area is 136 Å². The maximum atomic E-state index is 12.2. The predicted octanol–water partition coefficient (Wildman–Crippen LogP) is 1.37. The Hall–Kier alpha value is -2.21. The van der Waals surface area contributed by atoms with Gasteiger partial charge >= 0.3 is 0 Å². The van der Waals surface area contributed by atoms with Crippen molar-refractivity contribution in [2.75, 3.05) is 13.1 Å². The first-order valence-corrected chi connectivity index (χ1v) is 8.10. The highest BCUT2D eigenvalue weighted by Crippen LogP contribution is 2.18. The minimum Gasteiger partial charge on any atom is -0.349 e. The molecule has 1 atom stereocenters. The monoisotopic (exact) mass is 313 g/mol. The van der Waals surface area contributed by atoms with Crippen LogP contribution in [-0.4, -0.2) is 44.7 Å². The van der Waals surface area contributed by atoms with Crippen LogP contribution in [0.1, 0.15) is 24.1 Å². The molecular formula is C17H23N5O. The molecule has 0 aromatic carbocycles. The van der Waals surface area contributed by atoms with Crippen LogP contribution in [0.15, 0.2) is 36.8 Å². The molecule has 1 aliphatic heterocycles. The molecule has 1 fully saturated rings. The van der Waals surface area contributed by atoms with Gasteiger partial charge in [-0.25, -0.2) is 0 Å². The number of carbonyl (C=O) groups is 1. The molecule has 0 bridgehead atoms. The van der Waals surface area contributed by atoms with Gasteiger partial charge in [0.2, 0.25) is 5.91 Å². The summed E-state index contributed by atoms with van der Waals surface area (Å²) >= 11 is 0. The fourth-order valence-electron chi connectivity index (χ4n) is 3.02. The number of aryl methyl sites for hydroxylation is 1. The third kappa shape index (κ3) is 4.39. The van der Waals surface area contributed by atoms with Gasteiger partial charge in [-0.05, 0) is 44.0 Å². The number of likely N-dealkylation sites (tertiary alicyclic amines) is 1. The van der Waals surface area contributed by atoms with Crippen molar-refractivity contribution in [3.8, 4) is 0 Å². The summed E-state index contributed by atoms with van der Waals surface area (Å²) in [5.41, 5.74) is 2.05. The summed E-state index contributed by atoms with van der Waals surface area (Å²) in [5.74, 6) is 0.0548. The molecule has 2 aromatic heterocycles. The van der Waals surface area contributed by atoms with Gasteiger partial charge in [0.25, 0.3) is 0 Å². The highest BCUT2D eigenvalue weighted by atomic mass is 16.2. The zero-order valence-corrected chi connectivity index (χ0v) is 13.5. The van der Waals surface area contributed by atoms with E-state index in [0.29, 0.717) is 19.1 Å².